The van der Waals surface area contributed by atoms with E-state index in [-0.39, 0.29) is 49.4 Å². The van der Waals surface area contributed by atoms with Crippen LogP contribution < -0.4 is 0 Å². The minimum Gasteiger partial charge on any atom is -0.465 e. The Morgan fingerprint density at radius 3 is 1.95 bits per heavy atom. The number of allylic oxidation sites excluding steroid dienone is 1. The Labute approximate surface area is 563 Å². The van der Waals surface area contributed by atoms with Crippen molar-refractivity contribution in [3.8, 4) is 0 Å². The van der Waals surface area contributed by atoms with E-state index in [4.69, 9.17) is 75.8 Å². The first-order valence-electron chi connectivity index (χ1n) is 33.8. The average molecular weight is 1410 g/mol. The maximum atomic E-state index is 12.8. The van der Waals surface area contributed by atoms with Gasteiger partial charge in [-0.3, -0.25) is 9.59 Å². The van der Waals surface area contributed by atoms with E-state index >= 15 is 0 Å². The second-order valence-corrected chi connectivity index (χ2v) is 29.4. The minimum atomic E-state index is -2.17. The normalized spacial score (nSPS) is 54.1. The van der Waals surface area contributed by atoms with E-state index in [1.165, 1.54) is 20.8 Å². The van der Waals surface area contributed by atoms with Crippen LogP contribution in [0.5, 0.6) is 0 Å². The maximum Gasteiger partial charge on any atom is 0.303 e. The van der Waals surface area contributed by atoms with Crippen molar-refractivity contribution in [3.63, 3.8) is 0 Å². The summed E-state index contributed by atoms with van der Waals surface area (Å²) in [4.78, 5) is 25.4. The molecule has 12 rings (SSSR count). The lowest BCUT2D eigenvalue weighted by Gasteiger charge is -2.61. The molecule has 0 aromatic carbocycles. The molecule has 11 fully saturated rings. The first-order chi connectivity index (χ1) is 46.3. The van der Waals surface area contributed by atoms with Gasteiger partial charge in [0.25, 0.3) is 0 Å². The zero-order valence-electron chi connectivity index (χ0n) is 55.2. The number of carbonyl (C=O) groups excluding carboxylic acids is 2. The fourth-order valence-electron chi connectivity index (χ4n) is 18.2. The van der Waals surface area contributed by atoms with Crippen molar-refractivity contribution >= 4 is 11.9 Å². The molecular formula is C64H98O34. The first-order valence-corrected chi connectivity index (χ1v) is 33.8. The van der Waals surface area contributed by atoms with E-state index in [1.807, 2.05) is 0 Å². The molecule has 16 N–H and O–H groups in total. The van der Waals surface area contributed by atoms with Crippen LogP contribution in [-0.2, 0) is 85.4 Å². The Balaban J connectivity index is 0.794. The molecule has 0 radical (unpaired) electrons. The third-order valence-corrected chi connectivity index (χ3v) is 23.4. The number of carbonyl (C=O) groups is 2. The smallest absolute Gasteiger partial charge is 0.303 e. The molecule has 98 heavy (non-hydrogen) atoms. The third kappa shape index (κ3) is 13.2. The molecule has 0 amide bonds. The van der Waals surface area contributed by atoms with Crippen LogP contribution in [0.1, 0.15) is 80.1 Å². The van der Waals surface area contributed by atoms with E-state index in [0.717, 1.165) is 12.5 Å². The molecule has 558 valence electrons. The van der Waals surface area contributed by atoms with E-state index in [2.05, 4.69) is 26.5 Å². The van der Waals surface area contributed by atoms with Gasteiger partial charge in [-0.2, -0.15) is 0 Å². The van der Waals surface area contributed by atoms with E-state index in [9.17, 15) is 91.3 Å². The quantitative estimate of drug-likeness (QED) is 0.0476. The molecule has 34 heteroatoms. The second-order valence-electron chi connectivity index (χ2n) is 29.4. The van der Waals surface area contributed by atoms with Crippen molar-refractivity contribution in [2.24, 2.45) is 40.4 Å². The highest BCUT2D eigenvalue weighted by Crippen LogP contribution is 2.71. The number of rotatable bonds is 17. The highest BCUT2D eigenvalue weighted by atomic mass is 16.8. The number of hydrogen-bond acceptors (Lipinski definition) is 34. The van der Waals surface area contributed by atoms with Gasteiger partial charge in [-0.05, 0) is 74.7 Å². The second kappa shape index (κ2) is 28.9. The first kappa shape index (κ1) is 74.9. The van der Waals surface area contributed by atoms with Crippen molar-refractivity contribution in [2.45, 2.75) is 276 Å². The topological polar surface area (TPSA) is 506 Å². The van der Waals surface area contributed by atoms with Gasteiger partial charge in [0.2, 0.25) is 5.79 Å². The number of ether oxygens (including phenoxy) is 16. The molecule has 0 bridgehead atoms. The van der Waals surface area contributed by atoms with Crippen molar-refractivity contribution in [1.29, 1.82) is 0 Å². The van der Waals surface area contributed by atoms with Gasteiger partial charge in [0.1, 0.15) is 115 Å². The van der Waals surface area contributed by atoms with Gasteiger partial charge in [-0.25, -0.2) is 0 Å². The summed E-state index contributed by atoms with van der Waals surface area (Å²) in [6.07, 6.45) is -42.2. The largest absolute Gasteiger partial charge is 0.465 e. The van der Waals surface area contributed by atoms with Gasteiger partial charge in [-0.15, -0.1) is 0 Å². The van der Waals surface area contributed by atoms with Crippen LogP contribution in [-0.4, -0.2) is 336 Å². The summed E-state index contributed by atoms with van der Waals surface area (Å²) in [5, 5.41) is 177. The lowest BCUT2D eigenvalue weighted by Crippen LogP contribution is -2.66. The maximum absolute atomic E-state index is 12.8. The SMILES string of the molecule is C=C1COC2(O[C@H]3CC4C5CC=C6C[C@@H](O)C[C@@H](O[C@@H]7OC[C@H](O)[C@H](O[C@@H]8OC[C@@H](O)[C@H](O)[C@H]8O)[C@H]7O[C@@H]7O[C@@H](C)[C@H](OC(C)=O)[C@@H](O[C@@H]8OC[C@](O)(CO)[C@H]8O)[C@H]7O)[C@]6(C)C5CC[C@]4(C)[C@H]3[C@@H]2COC(C)=O)[C@@H](O)[C@H]1O[C@@H]1O[C@H](C)[C@H](O[C@@H]2O[C@H](CO)[C@@H](O)[C@H](O)[C@H]2O)[C@H](O)[C@H]1O. The summed E-state index contributed by atoms with van der Waals surface area (Å²) in [5.41, 5.74) is -2.55. The molecule has 3 saturated carbocycles. The fourth-order valence-corrected chi connectivity index (χ4v) is 18.2. The Hall–Kier alpha value is -2.78. The molecule has 8 saturated heterocycles. The summed E-state index contributed by atoms with van der Waals surface area (Å²) in [7, 11) is 0. The molecule has 0 aromatic rings. The number of aliphatic hydroxyl groups excluding tert-OH is 15. The van der Waals surface area contributed by atoms with Gasteiger partial charge >= 0.3 is 11.9 Å². The predicted octanol–water partition coefficient (Wildman–Crippen LogP) is -6.42. The van der Waals surface area contributed by atoms with Crippen LogP contribution in [0.15, 0.2) is 23.8 Å². The fraction of sp³-hybridized carbons (Fsp3) is 0.906. The number of esters is 2. The van der Waals surface area contributed by atoms with Crippen LogP contribution in [0.3, 0.4) is 0 Å². The summed E-state index contributed by atoms with van der Waals surface area (Å²) in [6, 6.07) is 0. The van der Waals surface area contributed by atoms with Crippen LogP contribution in [0.4, 0.5) is 0 Å². The lowest BCUT2D eigenvalue weighted by molar-refractivity contribution is -0.387. The lowest BCUT2D eigenvalue weighted by atomic mass is 9.46. The Kier molecular flexibility index (Phi) is 22.1. The van der Waals surface area contributed by atoms with Crippen LogP contribution >= 0.6 is 0 Å². The highest BCUT2D eigenvalue weighted by molar-refractivity contribution is 5.66. The molecule has 39 atom stereocenters. The Morgan fingerprint density at radius 1 is 0.633 bits per heavy atom. The summed E-state index contributed by atoms with van der Waals surface area (Å²) >= 11 is 0. The Morgan fingerprint density at radius 2 is 1.27 bits per heavy atom. The molecule has 4 unspecified atom stereocenters. The zero-order chi connectivity index (χ0) is 70.7. The van der Waals surface area contributed by atoms with Crippen LogP contribution in [0.2, 0.25) is 0 Å². The van der Waals surface area contributed by atoms with E-state index < -0.39 is 263 Å². The molecular weight excluding hydrogens is 1310 g/mol. The van der Waals surface area contributed by atoms with E-state index in [1.54, 1.807) is 0 Å². The Bertz CT molecular complexity index is 2840. The molecule has 34 nitrogen and oxygen atoms in total. The number of hydrogen-bond donors (Lipinski definition) is 16. The minimum absolute atomic E-state index is 0.0417. The molecule has 8 heterocycles. The molecule has 0 aromatic heterocycles. The van der Waals surface area contributed by atoms with Gasteiger partial charge in [0.05, 0.1) is 82.7 Å². The van der Waals surface area contributed by atoms with Gasteiger partial charge in [0, 0.05) is 31.6 Å². The van der Waals surface area contributed by atoms with Crippen molar-refractivity contribution in [1.82, 2.24) is 0 Å². The molecule has 8 aliphatic heterocycles. The highest BCUT2D eigenvalue weighted by Gasteiger charge is 2.74. The van der Waals surface area contributed by atoms with Gasteiger partial charge in [-0.1, -0.05) is 32.1 Å². The molecule has 4 aliphatic carbocycles. The third-order valence-electron chi connectivity index (χ3n) is 23.4. The summed E-state index contributed by atoms with van der Waals surface area (Å²) in [5.74, 6) is -5.01. The van der Waals surface area contributed by atoms with Crippen LogP contribution in [0.25, 0.3) is 0 Å². The average Bonchev–Trinajstić information content (AvgIpc) is 1.59. The van der Waals surface area contributed by atoms with Gasteiger partial charge < -0.3 is 157 Å². The molecule has 1 spiro atoms. The van der Waals surface area contributed by atoms with Crippen molar-refractivity contribution in [2.75, 3.05) is 46.2 Å². The zero-order valence-corrected chi connectivity index (χ0v) is 55.2. The summed E-state index contributed by atoms with van der Waals surface area (Å²) in [6.45, 7) is 9.84. The summed E-state index contributed by atoms with van der Waals surface area (Å²) < 4.78 is 98.6. The standard InChI is InChI=1S/C64H98O34/c1-22-16-87-64(53(80)47(22)93-56-45(78)42(75)48(23(2)88-56)94-57-44(77)41(74)40(73)36(15-65)91-57)32(17-83-25(4)67)38-35(98-64)14-31-29-9-8-27-12-28(69)13-37(62(27,7)30(29)10-11-61(31,38)6)92-59-52(50(34(71)19-85-59)95-55-43(76)39(72)33(70)18-84-55)97-58-46(79)51(49(24(3)89-58)90-26(5)68)96-60-54(81)63(82,20-66)21-86-60/h8,23-24,28-60,65-66,69-82H,1,9-21H2,2-7H3/t23-,24+,28-,29?,30?,31?,32+,33-,34+,35+,36-,37-,38+,39+,40-,41+,42-,43-,44-,45-,46-,47+,48+,49+,50+,51+,52-,53+,54+,55+,56+,57+,58+,59+,60+,61+,62+,63-,64?/m1/s1. The van der Waals surface area contributed by atoms with E-state index in [0.29, 0.717) is 25.7 Å². The van der Waals surface area contributed by atoms with Crippen molar-refractivity contribution in [3.05, 3.63) is 23.8 Å². The number of fused-ring (bicyclic) bond motifs is 7. The number of aliphatic hydroxyl groups is 16. The predicted molar refractivity (Wildman–Crippen MR) is 317 cm³/mol. The monoisotopic (exact) mass is 1410 g/mol. The van der Waals surface area contributed by atoms with Crippen LogP contribution in [0, 0.1) is 40.4 Å². The molecule has 12 aliphatic rings. The van der Waals surface area contributed by atoms with Gasteiger partial charge in [0.15, 0.2) is 43.8 Å². The van der Waals surface area contributed by atoms with Crippen molar-refractivity contribution < 1.29 is 167 Å².